The van der Waals surface area contributed by atoms with Crippen LogP contribution < -0.4 is 5.32 Å². The minimum absolute atomic E-state index is 0.0275. The lowest BCUT2D eigenvalue weighted by molar-refractivity contribution is -0.148. The van der Waals surface area contributed by atoms with E-state index in [4.69, 9.17) is 4.74 Å². The van der Waals surface area contributed by atoms with Gasteiger partial charge in [0.25, 0.3) is 0 Å². The highest BCUT2D eigenvalue weighted by atomic mass is 16.5. The minimum Gasteiger partial charge on any atom is -0.464 e. The smallest absolute Gasteiger partial charge is 0.328 e. The van der Waals surface area contributed by atoms with Gasteiger partial charge in [-0.3, -0.25) is 4.79 Å². The van der Waals surface area contributed by atoms with Crippen molar-refractivity contribution in [3.63, 3.8) is 0 Å². The first kappa shape index (κ1) is 16.0. The van der Waals surface area contributed by atoms with Crippen LogP contribution in [0.5, 0.6) is 0 Å². The summed E-state index contributed by atoms with van der Waals surface area (Å²) in [7, 11) is 2.01. The maximum Gasteiger partial charge on any atom is 0.328 e. The summed E-state index contributed by atoms with van der Waals surface area (Å²) >= 11 is 0. The maximum absolute atomic E-state index is 12.0. The molecule has 1 aliphatic heterocycles. The van der Waals surface area contributed by atoms with Crippen molar-refractivity contribution in [1.29, 1.82) is 0 Å². The second-order valence-corrected chi connectivity index (χ2v) is 5.98. The monoisotopic (exact) mass is 270 g/mol. The van der Waals surface area contributed by atoms with Crippen LogP contribution in [0.2, 0.25) is 0 Å². The van der Waals surface area contributed by atoms with Crippen LogP contribution >= 0.6 is 0 Å². The third-order valence-electron chi connectivity index (χ3n) is 3.53. The van der Waals surface area contributed by atoms with E-state index >= 15 is 0 Å². The Balaban J connectivity index is 2.37. The number of nitrogens with one attached hydrogen (secondary N) is 1. The second kappa shape index (κ2) is 6.89. The highest BCUT2D eigenvalue weighted by molar-refractivity contribution is 5.85. The van der Waals surface area contributed by atoms with E-state index in [0.29, 0.717) is 18.6 Å². The molecule has 0 aromatic carbocycles. The molecule has 1 aliphatic rings. The summed E-state index contributed by atoms with van der Waals surface area (Å²) in [6.07, 6.45) is 0.843. The van der Waals surface area contributed by atoms with Gasteiger partial charge in [0.15, 0.2) is 0 Å². The van der Waals surface area contributed by atoms with E-state index in [1.165, 1.54) is 0 Å². The normalized spacial score (nSPS) is 25.4. The number of rotatable bonds is 5. The lowest BCUT2D eigenvalue weighted by Gasteiger charge is -2.17. The molecule has 1 rings (SSSR count). The van der Waals surface area contributed by atoms with Crippen LogP contribution in [0.15, 0.2) is 0 Å². The van der Waals surface area contributed by atoms with Gasteiger partial charge in [-0.05, 0) is 33.2 Å². The van der Waals surface area contributed by atoms with Gasteiger partial charge in [0.1, 0.15) is 6.04 Å². The molecule has 1 N–H and O–H groups in total. The summed E-state index contributed by atoms with van der Waals surface area (Å²) in [5.41, 5.74) is 0. The third kappa shape index (κ3) is 4.82. The fraction of sp³-hybridized carbons (Fsp3) is 0.857. The van der Waals surface area contributed by atoms with Crippen LogP contribution in [0, 0.1) is 11.8 Å². The van der Waals surface area contributed by atoms with Gasteiger partial charge in [-0.2, -0.15) is 0 Å². The zero-order valence-electron chi connectivity index (χ0n) is 12.6. The van der Waals surface area contributed by atoms with Crippen molar-refractivity contribution in [2.75, 3.05) is 20.2 Å². The number of hydrogen-bond donors (Lipinski definition) is 1. The Kier molecular flexibility index (Phi) is 5.79. The quantitative estimate of drug-likeness (QED) is 0.758. The summed E-state index contributed by atoms with van der Waals surface area (Å²) in [4.78, 5) is 25.9. The number of amides is 1. The average molecular weight is 270 g/mol. The average Bonchev–Trinajstić information content (AvgIpc) is 2.66. The zero-order chi connectivity index (χ0) is 14.6. The summed E-state index contributed by atoms with van der Waals surface area (Å²) in [6.45, 7) is 8.87. The van der Waals surface area contributed by atoms with Gasteiger partial charge in [0, 0.05) is 12.6 Å². The molecule has 1 heterocycles. The topological polar surface area (TPSA) is 58.6 Å². The molecule has 19 heavy (non-hydrogen) atoms. The van der Waals surface area contributed by atoms with E-state index < -0.39 is 6.04 Å². The van der Waals surface area contributed by atoms with Crippen LogP contribution in [0.1, 0.15) is 34.1 Å². The van der Waals surface area contributed by atoms with Crippen molar-refractivity contribution < 1.29 is 14.3 Å². The van der Waals surface area contributed by atoms with Crippen molar-refractivity contribution in [1.82, 2.24) is 10.2 Å². The molecule has 5 nitrogen and oxygen atoms in total. The van der Waals surface area contributed by atoms with Gasteiger partial charge in [-0.15, -0.1) is 0 Å². The molecule has 1 saturated heterocycles. The Hall–Kier alpha value is -1.10. The standard InChI is InChI=1S/C14H26N2O3/c1-9(2)8-19-14(18)11(4)15-13(17)12-6-10(3)16(5)7-12/h9-12H,6-8H2,1-5H3,(H,15,17)/t10-,11-,12+/m0/s1. The van der Waals surface area contributed by atoms with Crippen molar-refractivity contribution in [3.8, 4) is 0 Å². The summed E-state index contributed by atoms with van der Waals surface area (Å²) in [6, 6.07) is -0.161. The summed E-state index contributed by atoms with van der Waals surface area (Å²) in [5.74, 6) is -0.136. The maximum atomic E-state index is 12.0. The molecule has 1 amide bonds. The predicted molar refractivity (Wildman–Crippen MR) is 73.6 cm³/mol. The van der Waals surface area contributed by atoms with Crippen LogP contribution in [0.3, 0.4) is 0 Å². The number of nitrogens with zero attached hydrogens (tertiary/aromatic N) is 1. The molecule has 0 unspecified atom stereocenters. The van der Waals surface area contributed by atoms with Crippen molar-refractivity contribution in [3.05, 3.63) is 0 Å². The van der Waals surface area contributed by atoms with E-state index in [0.717, 1.165) is 13.0 Å². The molecule has 3 atom stereocenters. The van der Waals surface area contributed by atoms with Crippen molar-refractivity contribution in [2.45, 2.75) is 46.2 Å². The lowest BCUT2D eigenvalue weighted by Crippen LogP contribution is -2.43. The first-order valence-corrected chi connectivity index (χ1v) is 6.98. The van der Waals surface area contributed by atoms with Gasteiger partial charge in [-0.1, -0.05) is 13.8 Å². The molecule has 1 fully saturated rings. The van der Waals surface area contributed by atoms with E-state index in [2.05, 4.69) is 17.1 Å². The number of esters is 1. The Bertz CT molecular complexity index is 321. The number of hydrogen-bond acceptors (Lipinski definition) is 4. The molecule has 110 valence electrons. The molecule has 0 bridgehead atoms. The van der Waals surface area contributed by atoms with E-state index in [9.17, 15) is 9.59 Å². The fourth-order valence-corrected chi connectivity index (χ4v) is 2.15. The van der Waals surface area contributed by atoms with Gasteiger partial charge >= 0.3 is 5.97 Å². The number of carbonyl (C=O) groups excluding carboxylic acids is 2. The molecule has 5 heteroatoms. The number of likely N-dealkylation sites (tertiary alicyclic amines) is 1. The van der Waals surface area contributed by atoms with E-state index in [-0.39, 0.29) is 17.8 Å². The summed E-state index contributed by atoms with van der Waals surface area (Å²) in [5, 5.41) is 2.75. The van der Waals surface area contributed by atoms with Crippen LogP contribution in [-0.4, -0.2) is 49.1 Å². The largest absolute Gasteiger partial charge is 0.464 e. The lowest BCUT2D eigenvalue weighted by atomic mass is 10.1. The molecule has 0 radical (unpaired) electrons. The number of carbonyl (C=O) groups is 2. The van der Waals surface area contributed by atoms with Crippen molar-refractivity contribution >= 4 is 11.9 Å². The van der Waals surface area contributed by atoms with E-state index in [1.54, 1.807) is 6.92 Å². The summed E-state index contributed by atoms with van der Waals surface area (Å²) < 4.78 is 5.11. The van der Waals surface area contributed by atoms with Gasteiger partial charge in [0.05, 0.1) is 12.5 Å². The Morgan fingerprint density at radius 3 is 2.47 bits per heavy atom. The Labute approximate surface area is 115 Å². The molecule has 0 saturated carbocycles. The first-order valence-electron chi connectivity index (χ1n) is 6.98. The molecule has 0 spiro atoms. The molecular weight excluding hydrogens is 244 g/mol. The Morgan fingerprint density at radius 2 is 2.00 bits per heavy atom. The molecule has 0 aliphatic carbocycles. The fourth-order valence-electron chi connectivity index (χ4n) is 2.15. The van der Waals surface area contributed by atoms with Gasteiger partial charge in [-0.25, -0.2) is 4.79 Å². The number of ether oxygens (including phenoxy) is 1. The SMILES string of the molecule is CC(C)COC(=O)[C@H](C)NC(=O)[C@@H]1C[C@H](C)N(C)C1. The molecule has 0 aromatic rings. The highest BCUT2D eigenvalue weighted by Gasteiger charge is 2.32. The van der Waals surface area contributed by atoms with Gasteiger partial charge < -0.3 is 15.0 Å². The molecule has 0 aromatic heterocycles. The Morgan fingerprint density at radius 1 is 1.37 bits per heavy atom. The third-order valence-corrected chi connectivity index (χ3v) is 3.53. The van der Waals surface area contributed by atoms with E-state index in [1.807, 2.05) is 20.9 Å². The highest BCUT2D eigenvalue weighted by Crippen LogP contribution is 2.21. The van der Waals surface area contributed by atoms with Crippen molar-refractivity contribution in [2.24, 2.45) is 11.8 Å². The molecular formula is C14H26N2O3. The zero-order valence-corrected chi connectivity index (χ0v) is 12.6. The van der Waals surface area contributed by atoms with Crippen LogP contribution in [0.4, 0.5) is 0 Å². The van der Waals surface area contributed by atoms with Crippen LogP contribution in [-0.2, 0) is 14.3 Å². The predicted octanol–water partition coefficient (Wildman–Crippen LogP) is 1.03. The van der Waals surface area contributed by atoms with Gasteiger partial charge in [0.2, 0.25) is 5.91 Å². The minimum atomic E-state index is -0.576. The first-order chi connectivity index (χ1) is 8.81. The second-order valence-electron chi connectivity index (χ2n) is 5.98. The van der Waals surface area contributed by atoms with Crippen LogP contribution in [0.25, 0.3) is 0 Å².